The molecule has 1 aromatic heterocycles. The van der Waals surface area contributed by atoms with Crippen molar-refractivity contribution in [3.63, 3.8) is 0 Å². The minimum absolute atomic E-state index is 0. The van der Waals surface area contributed by atoms with Crippen LogP contribution in [0.4, 0.5) is 5.13 Å². The highest BCUT2D eigenvalue weighted by Crippen LogP contribution is 2.39. The minimum atomic E-state index is -0.0609. The first kappa shape index (κ1) is 24.7. The van der Waals surface area contributed by atoms with E-state index in [1.807, 2.05) is 26.0 Å². The number of fused-ring (bicyclic) bond motifs is 1. The lowest BCUT2D eigenvalue weighted by Gasteiger charge is -2.29. The maximum absolute atomic E-state index is 13.6. The number of amides is 1. The zero-order valence-electron chi connectivity index (χ0n) is 18.4. The Bertz CT molecular complexity index is 1080. The Kier molecular flexibility index (Phi) is 8.36. The highest BCUT2D eigenvalue weighted by atomic mass is 35.5. The molecule has 3 aromatic rings. The quantitative estimate of drug-likeness (QED) is 0.482. The monoisotopic (exact) mass is 495 g/mol. The highest BCUT2D eigenvalue weighted by molar-refractivity contribution is 7.23. The van der Waals surface area contributed by atoms with Gasteiger partial charge in [0.15, 0.2) is 5.13 Å². The highest BCUT2D eigenvalue weighted by Gasteiger charge is 2.24. The van der Waals surface area contributed by atoms with Crippen LogP contribution in [-0.2, 0) is 4.74 Å². The Labute approximate surface area is 203 Å². The van der Waals surface area contributed by atoms with Gasteiger partial charge in [-0.2, -0.15) is 0 Å². The number of ether oxygens (including phenoxy) is 2. The molecule has 0 N–H and O–H groups in total. The molecule has 1 amide bonds. The number of benzene rings is 2. The number of carbonyl (C=O) groups is 1. The Hall–Kier alpha value is -1.90. The third-order valence-electron chi connectivity index (χ3n) is 5.36. The summed E-state index contributed by atoms with van der Waals surface area (Å²) in [6.45, 7) is 8.47. The van der Waals surface area contributed by atoms with Crippen molar-refractivity contribution < 1.29 is 14.3 Å². The van der Waals surface area contributed by atoms with Crippen LogP contribution >= 0.6 is 35.3 Å². The van der Waals surface area contributed by atoms with Crippen molar-refractivity contribution in [2.75, 3.05) is 51.4 Å². The van der Waals surface area contributed by atoms with Gasteiger partial charge in [-0.3, -0.25) is 14.6 Å². The number of hydrogen-bond donors (Lipinski definition) is 0. The summed E-state index contributed by atoms with van der Waals surface area (Å²) in [5, 5.41) is 1.23. The molecule has 0 radical (unpaired) electrons. The number of morpholine rings is 1. The fourth-order valence-corrected chi connectivity index (χ4v) is 5.11. The van der Waals surface area contributed by atoms with E-state index in [-0.39, 0.29) is 18.3 Å². The molecule has 0 aliphatic carbocycles. The second kappa shape index (κ2) is 10.8. The van der Waals surface area contributed by atoms with Crippen LogP contribution in [0.5, 0.6) is 5.75 Å². The van der Waals surface area contributed by atoms with Crippen molar-refractivity contribution in [1.82, 2.24) is 9.88 Å². The summed E-state index contributed by atoms with van der Waals surface area (Å²) >= 11 is 7.85. The lowest BCUT2D eigenvalue weighted by atomic mass is 10.1. The third kappa shape index (κ3) is 5.35. The molecule has 0 atom stereocenters. The van der Waals surface area contributed by atoms with Gasteiger partial charge >= 0.3 is 0 Å². The lowest BCUT2D eigenvalue weighted by Crippen LogP contribution is -2.43. The Morgan fingerprint density at radius 2 is 1.91 bits per heavy atom. The minimum Gasteiger partial charge on any atom is -0.494 e. The molecule has 1 saturated heterocycles. The average Bonchev–Trinajstić information content (AvgIpc) is 3.20. The van der Waals surface area contributed by atoms with Crippen LogP contribution in [0.3, 0.4) is 0 Å². The van der Waals surface area contributed by atoms with Crippen molar-refractivity contribution in [3.05, 3.63) is 52.0 Å². The summed E-state index contributed by atoms with van der Waals surface area (Å²) < 4.78 is 11.7. The maximum Gasteiger partial charge on any atom is 0.260 e. The second-order valence-electron chi connectivity index (χ2n) is 7.71. The normalized spacial score (nSPS) is 14.2. The van der Waals surface area contributed by atoms with Gasteiger partial charge in [-0.25, -0.2) is 4.98 Å². The van der Waals surface area contributed by atoms with E-state index in [9.17, 15) is 4.79 Å². The number of anilines is 1. The molecule has 9 heteroatoms. The Morgan fingerprint density at radius 3 is 2.56 bits per heavy atom. The topological polar surface area (TPSA) is 54.9 Å². The zero-order chi connectivity index (χ0) is 22.0. The number of carbonyl (C=O) groups excluding carboxylic acids is 1. The number of thiazole rings is 1. The van der Waals surface area contributed by atoms with Crippen molar-refractivity contribution in [2.24, 2.45) is 0 Å². The molecule has 4 rings (SSSR count). The van der Waals surface area contributed by atoms with Crippen LogP contribution in [-0.4, -0.2) is 62.3 Å². The molecule has 0 unspecified atom stereocenters. The first-order chi connectivity index (χ1) is 15.0. The van der Waals surface area contributed by atoms with Crippen LogP contribution < -0.4 is 9.64 Å². The predicted octanol–water partition coefficient (Wildman–Crippen LogP) is 4.98. The van der Waals surface area contributed by atoms with E-state index >= 15 is 0 Å². The molecule has 0 saturated carbocycles. The molecular weight excluding hydrogens is 469 g/mol. The molecule has 6 nitrogen and oxygen atoms in total. The van der Waals surface area contributed by atoms with Gasteiger partial charge in [0.2, 0.25) is 0 Å². The van der Waals surface area contributed by atoms with Crippen LogP contribution in [0.25, 0.3) is 10.2 Å². The smallest absolute Gasteiger partial charge is 0.260 e. The number of hydrogen-bond acceptors (Lipinski definition) is 6. The summed E-state index contributed by atoms with van der Waals surface area (Å²) in [4.78, 5) is 22.5. The van der Waals surface area contributed by atoms with Gasteiger partial charge in [-0.05, 0) is 38.1 Å². The van der Waals surface area contributed by atoms with Crippen LogP contribution in [0.15, 0.2) is 30.3 Å². The summed E-state index contributed by atoms with van der Waals surface area (Å²) in [5.41, 5.74) is 3.47. The number of aryl methyl sites for hydroxylation is 2. The molecule has 172 valence electrons. The molecular formula is C23H27Cl2N3O3S. The molecule has 2 aromatic carbocycles. The number of rotatable bonds is 6. The number of nitrogens with zero attached hydrogens (tertiary/aromatic N) is 3. The lowest BCUT2D eigenvalue weighted by molar-refractivity contribution is 0.0391. The van der Waals surface area contributed by atoms with Gasteiger partial charge in [-0.1, -0.05) is 40.1 Å². The molecule has 0 spiro atoms. The summed E-state index contributed by atoms with van der Waals surface area (Å²) in [6, 6.07) is 9.53. The zero-order valence-corrected chi connectivity index (χ0v) is 20.8. The summed E-state index contributed by atoms with van der Waals surface area (Å²) in [7, 11) is 1.61. The fraction of sp³-hybridized carbons (Fsp3) is 0.391. The van der Waals surface area contributed by atoms with E-state index in [1.54, 1.807) is 24.1 Å². The van der Waals surface area contributed by atoms with E-state index in [2.05, 4.69) is 11.0 Å². The summed E-state index contributed by atoms with van der Waals surface area (Å²) in [6.07, 6.45) is 0. The van der Waals surface area contributed by atoms with E-state index in [0.29, 0.717) is 33.5 Å². The number of halogens is 2. The van der Waals surface area contributed by atoms with E-state index < -0.39 is 0 Å². The van der Waals surface area contributed by atoms with Crippen molar-refractivity contribution in [2.45, 2.75) is 13.8 Å². The molecule has 2 heterocycles. The predicted molar refractivity (Wildman–Crippen MR) is 133 cm³/mol. The van der Waals surface area contributed by atoms with Gasteiger partial charge < -0.3 is 9.47 Å². The maximum atomic E-state index is 13.6. The third-order valence-corrected chi connectivity index (χ3v) is 6.89. The van der Waals surface area contributed by atoms with Crippen molar-refractivity contribution in [1.29, 1.82) is 0 Å². The number of aromatic nitrogens is 1. The molecule has 1 aliphatic rings. The van der Waals surface area contributed by atoms with Gasteiger partial charge in [0, 0.05) is 31.7 Å². The largest absolute Gasteiger partial charge is 0.494 e. The average molecular weight is 496 g/mol. The fourth-order valence-electron chi connectivity index (χ4n) is 3.83. The number of methoxy groups -OCH3 is 1. The van der Waals surface area contributed by atoms with E-state index in [4.69, 9.17) is 26.1 Å². The second-order valence-corrected chi connectivity index (χ2v) is 9.10. The SMILES string of the molecule is COc1ccc(Cl)c2sc(N(CCN3CCOCC3)C(=O)c3cc(C)cc(C)c3)nc12.Cl. The van der Waals surface area contributed by atoms with Gasteiger partial charge in [0.1, 0.15) is 11.3 Å². The van der Waals surface area contributed by atoms with E-state index in [0.717, 1.165) is 48.7 Å². The standard InChI is InChI=1S/C23H26ClN3O3S.ClH/c1-15-12-16(2)14-17(13-15)22(28)27(7-6-26-8-10-30-11-9-26)23-25-20-19(29-3)5-4-18(24)21(20)31-23;/h4-5,12-14H,6-11H2,1-3H3;1H. The van der Waals surface area contributed by atoms with Gasteiger partial charge in [0.25, 0.3) is 5.91 Å². The molecule has 1 fully saturated rings. The first-order valence-corrected chi connectivity index (χ1v) is 11.5. The van der Waals surface area contributed by atoms with Crippen LogP contribution in [0.2, 0.25) is 5.02 Å². The molecule has 0 bridgehead atoms. The van der Waals surface area contributed by atoms with Gasteiger partial charge in [-0.15, -0.1) is 12.4 Å². The first-order valence-electron chi connectivity index (χ1n) is 10.3. The Balaban J connectivity index is 0.00000289. The summed E-state index contributed by atoms with van der Waals surface area (Å²) in [5.74, 6) is 0.586. The Morgan fingerprint density at radius 1 is 1.22 bits per heavy atom. The van der Waals surface area contributed by atoms with Crippen molar-refractivity contribution in [3.8, 4) is 5.75 Å². The van der Waals surface area contributed by atoms with Gasteiger partial charge in [0.05, 0.1) is 30.0 Å². The van der Waals surface area contributed by atoms with E-state index in [1.165, 1.54) is 11.3 Å². The molecule has 1 aliphatic heterocycles. The van der Waals surface area contributed by atoms with Crippen molar-refractivity contribution >= 4 is 56.6 Å². The molecule has 32 heavy (non-hydrogen) atoms. The van der Waals surface area contributed by atoms with Crippen LogP contribution in [0.1, 0.15) is 21.5 Å². The van der Waals surface area contributed by atoms with Crippen LogP contribution in [0, 0.1) is 13.8 Å².